The van der Waals surface area contributed by atoms with E-state index in [4.69, 9.17) is 11.6 Å². The molecule has 0 amide bonds. The van der Waals surface area contributed by atoms with Crippen LogP contribution in [0.1, 0.15) is 43.5 Å². The Balaban J connectivity index is 1.92. The van der Waals surface area contributed by atoms with Gasteiger partial charge in [0.2, 0.25) is 0 Å². The van der Waals surface area contributed by atoms with E-state index in [2.05, 4.69) is 21.0 Å². The molecule has 17 heavy (non-hydrogen) atoms. The van der Waals surface area contributed by atoms with E-state index in [1.165, 1.54) is 31.4 Å². The molecule has 96 valence electrons. The summed E-state index contributed by atoms with van der Waals surface area (Å²) in [6, 6.07) is 0. The fourth-order valence-electron chi connectivity index (χ4n) is 2.78. The van der Waals surface area contributed by atoms with E-state index in [1.807, 2.05) is 18.7 Å². The van der Waals surface area contributed by atoms with Crippen molar-refractivity contribution in [3.8, 4) is 0 Å². The molecule has 4 heteroatoms. The van der Waals surface area contributed by atoms with E-state index in [0.29, 0.717) is 4.83 Å². The van der Waals surface area contributed by atoms with Gasteiger partial charge < -0.3 is 0 Å². The summed E-state index contributed by atoms with van der Waals surface area (Å²) in [5, 5.41) is 5.20. The summed E-state index contributed by atoms with van der Waals surface area (Å²) in [5.74, 6) is 0.864. The number of rotatable bonds is 4. The summed E-state index contributed by atoms with van der Waals surface area (Å²) in [4.78, 5) is 0.635. The summed E-state index contributed by atoms with van der Waals surface area (Å²) in [5.41, 5.74) is 2.11. The number of aromatic nitrogens is 2. The molecular formula is C13H20BrClN2. The van der Waals surface area contributed by atoms with E-state index in [1.54, 1.807) is 0 Å². The molecule has 2 nitrogen and oxygen atoms in total. The van der Waals surface area contributed by atoms with Gasteiger partial charge >= 0.3 is 0 Å². The van der Waals surface area contributed by atoms with Crippen molar-refractivity contribution in [2.75, 3.05) is 0 Å². The lowest BCUT2D eigenvalue weighted by Gasteiger charge is -2.16. The molecule has 0 aromatic carbocycles. The van der Waals surface area contributed by atoms with Gasteiger partial charge in [-0.1, -0.05) is 40.4 Å². The first-order chi connectivity index (χ1) is 8.09. The Hall–Kier alpha value is -0.0200. The molecule has 0 N–H and O–H groups in total. The minimum Gasteiger partial charge on any atom is -0.271 e. The molecule has 0 radical (unpaired) electrons. The fourth-order valence-corrected chi connectivity index (χ4v) is 3.79. The summed E-state index contributed by atoms with van der Waals surface area (Å²) < 4.78 is 1.92. The van der Waals surface area contributed by atoms with Gasteiger partial charge in [0.25, 0.3) is 0 Å². The Labute approximate surface area is 117 Å². The second-order valence-electron chi connectivity index (χ2n) is 5.07. The number of hydrogen-bond donors (Lipinski definition) is 0. The highest BCUT2D eigenvalue weighted by molar-refractivity contribution is 9.09. The molecule has 1 saturated carbocycles. The van der Waals surface area contributed by atoms with E-state index in [9.17, 15) is 0 Å². The van der Waals surface area contributed by atoms with Gasteiger partial charge in [0.15, 0.2) is 0 Å². The third-order valence-electron chi connectivity index (χ3n) is 3.83. The van der Waals surface area contributed by atoms with Gasteiger partial charge in [-0.2, -0.15) is 5.10 Å². The molecule has 2 rings (SSSR count). The highest BCUT2D eigenvalue weighted by atomic mass is 79.9. The van der Waals surface area contributed by atoms with Crippen LogP contribution in [0, 0.1) is 12.8 Å². The average molecular weight is 320 g/mol. The highest BCUT2D eigenvalue weighted by Gasteiger charge is 2.23. The normalized spacial score (nSPS) is 18.8. The summed E-state index contributed by atoms with van der Waals surface area (Å²) >= 11 is 10.1. The van der Waals surface area contributed by atoms with Crippen molar-refractivity contribution in [1.29, 1.82) is 0 Å². The van der Waals surface area contributed by atoms with Gasteiger partial charge in [-0.05, 0) is 38.5 Å². The lowest BCUT2D eigenvalue weighted by Crippen LogP contribution is -2.12. The Morgan fingerprint density at radius 3 is 2.65 bits per heavy atom. The summed E-state index contributed by atoms with van der Waals surface area (Å²) in [6.45, 7) is 1.97. The smallest absolute Gasteiger partial charge is 0.0846 e. The van der Waals surface area contributed by atoms with Gasteiger partial charge in [-0.25, -0.2) is 0 Å². The van der Waals surface area contributed by atoms with Crippen molar-refractivity contribution in [1.82, 2.24) is 9.78 Å². The zero-order chi connectivity index (χ0) is 12.4. The van der Waals surface area contributed by atoms with Crippen LogP contribution in [0.5, 0.6) is 0 Å². The Morgan fingerprint density at radius 1 is 1.47 bits per heavy atom. The van der Waals surface area contributed by atoms with Gasteiger partial charge in [-0.15, -0.1) is 0 Å². The maximum absolute atomic E-state index is 6.26. The van der Waals surface area contributed by atoms with Crippen LogP contribution < -0.4 is 0 Å². The molecule has 0 saturated heterocycles. The second kappa shape index (κ2) is 5.75. The van der Waals surface area contributed by atoms with Gasteiger partial charge in [-0.3, -0.25) is 4.68 Å². The van der Waals surface area contributed by atoms with E-state index < -0.39 is 0 Å². The highest BCUT2D eigenvalue weighted by Crippen LogP contribution is 2.34. The average Bonchev–Trinajstić information content (AvgIpc) is 2.88. The third-order valence-corrected chi connectivity index (χ3v) is 5.53. The predicted molar refractivity (Wildman–Crippen MR) is 75.9 cm³/mol. The topological polar surface area (TPSA) is 17.8 Å². The van der Waals surface area contributed by atoms with Crippen molar-refractivity contribution < 1.29 is 0 Å². The maximum atomic E-state index is 6.26. The largest absolute Gasteiger partial charge is 0.271 e. The molecule has 1 atom stereocenters. The Morgan fingerprint density at radius 2 is 2.12 bits per heavy atom. The second-order valence-corrected chi connectivity index (χ2v) is 6.62. The standard InChI is InChI=1S/C13H20BrClN2/c1-9-13(15)12(17(2)16-9)8-7-11(14)10-5-3-4-6-10/h10-11H,3-8H2,1-2H3. The number of halogens is 2. The van der Waals surface area contributed by atoms with Crippen LogP contribution in [-0.4, -0.2) is 14.6 Å². The van der Waals surface area contributed by atoms with Crippen molar-refractivity contribution in [2.24, 2.45) is 13.0 Å². The molecule has 1 heterocycles. The van der Waals surface area contributed by atoms with Crippen LogP contribution in [0.2, 0.25) is 5.02 Å². The number of aryl methyl sites for hydroxylation is 2. The van der Waals surface area contributed by atoms with Gasteiger partial charge in [0, 0.05) is 11.9 Å². The zero-order valence-electron chi connectivity index (χ0n) is 10.5. The molecule has 1 unspecified atom stereocenters. The summed E-state index contributed by atoms with van der Waals surface area (Å²) in [6.07, 6.45) is 7.74. The predicted octanol–water partition coefficient (Wildman–Crippen LogP) is 4.27. The molecule has 1 aliphatic carbocycles. The SMILES string of the molecule is Cc1nn(C)c(CCC(Br)C2CCCC2)c1Cl. The lowest BCUT2D eigenvalue weighted by atomic mass is 9.99. The molecule has 0 aliphatic heterocycles. The van der Waals surface area contributed by atoms with Crippen molar-refractivity contribution in [3.63, 3.8) is 0 Å². The maximum Gasteiger partial charge on any atom is 0.0846 e. The van der Waals surface area contributed by atoms with Gasteiger partial charge in [0.05, 0.1) is 16.4 Å². The Bertz CT molecular complexity index is 383. The van der Waals surface area contributed by atoms with Gasteiger partial charge in [0.1, 0.15) is 0 Å². The molecule has 1 aromatic rings. The fraction of sp³-hybridized carbons (Fsp3) is 0.769. The number of nitrogens with zero attached hydrogens (tertiary/aromatic N) is 2. The van der Waals surface area contributed by atoms with Crippen molar-refractivity contribution in [3.05, 3.63) is 16.4 Å². The molecular weight excluding hydrogens is 300 g/mol. The van der Waals surface area contributed by atoms with E-state index >= 15 is 0 Å². The first-order valence-corrected chi connectivity index (χ1v) is 7.71. The minimum atomic E-state index is 0.635. The third kappa shape index (κ3) is 3.05. The molecule has 0 bridgehead atoms. The van der Waals surface area contributed by atoms with Crippen LogP contribution in [-0.2, 0) is 13.5 Å². The van der Waals surface area contributed by atoms with Crippen molar-refractivity contribution >= 4 is 27.5 Å². The molecule has 1 aromatic heterocycles. The van der Waals surface area contributed by atoms with E-state index in [-0.39, 0.29) is 0 Å². The Kier molecular flexibility index (Phi) is 4.53. The summed E-state index contributed by atoms with van der Waals surface area (Å²) in [7, 11) is 1.98. The van der Waals surface area contributed by atoms with Crippen LogP contribution in [0.3, 0.4) is 0 Å². The first kappa shape index (κ1) is 13.4. The minimum absolute atomic E-state index is 0.635. The molecule has 1 fully saturated rings. The van der Waals surface area contributed by atoms with E-state index in [0.717, 1.165) is 29.5 Å². The monoisotopic (exact) mass is 318 g/mol. The molecule has 1 aliphatic rings. The van der Waals surface area contributed by atoms with Crippen LogP contribution in [0.15, 0.2) is 0 Å². The zero-order valence-corrected chi connectivity index (χ0v) is 12.9. The lowest BCUT2D eigenvalue weighted by molar-refractivity contribution is 0.500. The van der Waals surface area contributed by atoms with Crippen LogP contribution >= 0.6 is 27.5 Å². The van der Waals surface area contributed by atoms with Crippen LogP contribution in [0.25, 0.3) is 0 Å². The molecule has 0 spiro atoms. The first-order valence-electron chi connectivity index (χ1n) is 6.41. The number of alkyl halides is 1. The van der Waals surface area contributed by atoms with Crippen molar-refractivity contribution in [2.45, 2.75) is 50.3 Å². The van der Waals surface area contributed by atoms with Crippen LogP contribution in [0.4, 0.5) is 0 Å². The number of hydrogen-bond acceptors (Lipinski definition) is 1. The quantitative estimate of drug-likeness (QED) is 0.758.